The van der Waals surface area contributed by atoms with E-state index in [1.54, 1.807) is 12.1 Å². The Labute approximate surface area is 194 Å². The number of nitrogens with one attached hydrogen (secondary N) is 2. The topological polar surface area (TPSA) is 110 Å². The van der Waals surface area contributed by atoms with E-state index in [2.05, 4.69) is 20.9 Å². The molecule has 9 heteroatoms. The number of hydrogen-bond acceptors (Lipinski definition) is 7. The van der Waals surface area contributed by atoms with Gasteiger partial charge in [0.15, 0.2) is 0 Å². The largest absolute Gasteiger partial charge is 0.442 e. The van der Waals surface area contributed by atoms with Gasteiger partial charge in [0.25, 0.3) is 0 Å². The normalized spacial score (nSPS) is 19.9. The van der Waals surface area contributed by atoms with Gasteiger partial charge in [0.05, 0.1) is 6.04 Å². The van der Waals surface area contributed by atoms with Crippen LogP contribution in [0.5, 0.6) is 0 Å². The molecule has 0 radical (unpaired) electrons. The van der Waals surface area contributed by atoms with Crippen LogP contribution in [0.15, 0.2) is 71.4 Å². The van der Waals surface area contributed by atoms with E-state index in [0.717, 1.165) is 16.7 Å². The highest BCUT2D eigenvalue weighted by molar-refractivity contribution is 5.80. The number of aliphatic hydroxyl groups is 1. The zero-order valence-corrected chi connectivity index (χ0v) is 18.1. The first-order valence-corrected chi connectivity index (χ1v) is 11.0. The number of alkyl carbamates (subject to hydrolysis) is 1. The molecule has 2 heterocycles. The van der Waals surface area contributed by atoms with E-state index in [9.17, 15) is 14.3 Å². The molecule has 1 aliphatic heterocycles. The third kappa shape index (κ3) is 4.90. The molecule has 0 spiro atoms. The molecule has 3 N–H and O–H groups in total. The summed E-state index contributed by atoms with van der Waals surface area (Å²) in [5.41, 5.74) is 5.09. The van der Waals surface area contributed by atoms with Crippen molar-refractivity contribution in [2.45, 2.75) is 31.2 Å². The van der Waals surface area contributed by atoms with Gasteiger partial charge in [-0.15, -0.1) is 0 Å². The van der Waals surface area contributed by atoms with E-state index in [-0.39, 0.29) is 18.4 Å². The number of carbonyl (C=O) groups is 1. The molecule has 1 aliphatic rings. The lowest BCUT2D eigenvalue weighted by atomic mass is 9.98. The van der Waals surface area contributed by atoms with Crippen LogP contribution in [0.1, 0.15) is 11.1 Å². The van der Waals surface area contributed by atoms with Crippen molar-refractivity contribution in [3.63, 3.8) is 0 Å². The van der Waals surface area contributed by atoms with Crippen molar-refractivity contribution in [3.05, 3.63) is 83.7 Å². The number of benzene rings is 3. The highest BCUT2D eigenvalue weighted by atomic mass is 19.1. The first-order chi connectivity index (χ1) is 16.5. The quantitative estimate of drug-likeness (QED) is 0.404. The van der Waals surface area contributed by atoms with Crippen molar-refractivity contribution >= 4 is 17.1 Å². The second-order valence-corrected chi connectivity index (χ2v) is 8.30. The number of hydrogen-bond donors (Lipinski definition) is 3. The van der Waals surface area contributed by atoms with E-state index >= 15 is 0 Å². The van der Waals surface area contributed by atoms with Crippen LogP contribution in [0.4, 0.5) is 9.18 Å². The molecule has 5 rings (SSSR count). The highest BCUT2D eigenvalue weighted by Gasteiger charge is 2.37. The third-order valence-corrected chi connectivity index (χ3v) is 5.93. The number of fused-ring (bicyclic) bond motifs is 1. The maximum absolute atomic E-state index is 13.3. The Kier molecular flexibility index (Phi) is 6.20. The Morgan fingerprint density at radius 2 is 1.85 bits per heavy atom. The van der Waals surface area contributed by atoms with Crippen LogP contribution in [-0.2, 0) is 17.7 Å². The molecular weight excluding hydrogens is 439 g/mol. The van der Waals surface area contributed by atoms with Gasteiger partial charge >= 0.3 is 6.09 Å². The lowest BCUT2D eigenvalue weighted by Crippen LogP contribution is -2.41. The Hall–Kier alpha value is -3.82. The summed E-state index contributed by atoms with van der Waals surface area (Å²) in [5.74, 6) is -0.370. The van der Waals surface area contributed by atoms with Gasteiger partial charge in [0.2, 0.25) is 0 Å². The molecule has 0 unspecified atom stereocenters. The fourth-order valence-electron chi connectivity index (χ4n) is 4.16. The smallest absolute Gasteiger partial charge is 0.407 e. The molecule has 1 aromatic heterocycles. The Morgan fingerprint density at radius 1 is 1.06 bits per heavy atom. The number of amides is 1. The standard InChI is InChI=1S/C25H23FN4O4/c26-19-3-1-2-16(10-19)13-28-25(32)33-24-22(27-14-23(24)31)11-15-4-6-17(7-5-15)18-8-9-20-21(12-18)30-34-29-20/h1-10,12,22-24,27,31H,11,13-14H2,(H,28,32)/t22-,23+,24+/m1/s1. The van der Waals surface area contributed by atoms with Gasteiger partial charge in [-0.1, -0.05) is 42.5 Å². The van der Waals surface area contributed by atoms with Crippen molar-refractivity contribution in [2.75, 3.05) is 6.54 Å². The summed E-state index contributed by atoms with van der Waals surface area (Å²) in [7, 11) is 0. The molecule has 1 saturated heterocycles. The fraction of sp³-hybridized carbons (Fsp3) is 0.240. The summed E-state index contributed by atoms with van der Waals surface area (Å²) >= 11 is 0. The minimum absolute atomic E-state index is 0.134. The van der Waals surface area contributed by atoms with Crippen LogP contribution in [0.3, 0.4) is 0 Å². The van der Waals surface area contributed by atoms with Gasteiger partial charge in [-0.3, -0.25) is 0 Å². The van der Waals surface area contributed by atoms with Crippen LogP contribution in [0.25, 0.3) is 22.2 Å². The van der Waals surface area contributed by atoms with Gasteiger partial charge in [-0.2, -0.15) is 0 Å². The number of halogens is 1. The summed E-state index contributed by atoms with van der Waals surface area (Å²) in [4.78, 5) is 12.3. The molecule has 3 aromatic carbocycles. The molecule has 0 bridgehead atoms. The van der Waals surface area contributed by atoms with Crippen molar-refractivity contribution in [1.82, 2.24) is 20.9 Å². The van der Waals surface area contributed by atoms with Crippen molar-refractivity contribution in [1.29, 1.82) is 0 Å². The summed E-state index contributed by atoms with van der Waals surface area (Å²) in [6.07, 6.45) is -1.60. The summed E-state index contributed by atoms with van der Waals surface area (Å²) in [5, 5.41) is 23.9. The van der Waals surface area contributed by atoms with E-state index in [1.165, 1.54) is 12.1 Å². The predicted molar refractivity (Wildman–Crippen MR) is 122 cm³/mol. The SMILES string of the molecule is O=C(NCc1cccc(F)c1)O[C@@H]1[C@@H](O)CN[C@@H]1Cc1ccc(-c2ccc3nonc3c2)cc1. The first kappa shape index (κ1) is 22.0. The van der Waals surface area contributed by atoms with Crippen LogP contribution in [0.2, 0.25) is 0 Å². The second kappa shape index (κ2) is 9.58. The first-order valence-electron chi connectivity index (χ1n) is 11.0. The fourth-order valence-corrected chi connectivity index (χ4v) is 4.16. The van der Waals surface area contributed by atoms with Crippen molar-refractivity contribution in [2.24, 2.45) is 0 Å². The lowest BCUT2D eigenvalue weighted by molar-refractivity contribution is 0.0188. The van der Waals surface area contributed by atoms with Crippen molar-refractivity contribution < 1.29 is 23.7 Å². The number of ether oxygens (including phenoxy) is 1. The molecular formula is C25H23FN4O4. The Bertz CT molecular complexity index is 1290. The highest BCUT2D eigenvalue weighted by Crippen LogP contribution is 2.24. The minimum Gasteiger partial charge on any atom is -0.442 e. The van der Waals surface area contributed by atoms with Gasteiger partial charge in [0, 0.05) is 13.1 Å². The van der Waals surface area contributed by atoms with E-state index < -0.39 is 18.3 Å². The van der Waals surface area contributed by atoms with Gasteiger partial charge in [-0.25, -0.2) is 13.8 Å². The molecule has 8 nitrogen and oxygen atoms in total. The predicted octanol–water partition coefficient (Wildman–Crippen LogP) is 3.20. The molecule has 1 fully saturated rings. The van der Waals surface area contributed by atoms with Crippen molar-refractivity contribution in [3.8, 4) is 11.1 Å². The molecule has 1 amide bonds. The van der Waals surface area contributed by atoms with Crippen LogP contribution in [-0.4, -0.2) is 46.3 Å². The average Bonchev–Trinajstić information content (AvgIpc) is 3.45. The van der Waals surface area contributed by atoms with E-state index in [0.29, 0.717) is 29.6 Å². The second-order valence-electron chi connectivity index (χ2n) is 8.30. The number of nitrogens with zero attached hydrogens (tertiary/aromatic N) is 2. The maximum Gasteiger partial charge on any atom is 0.407 e. The third-order valence-electron chi connectivity index (χ3n) is 5.93. The molecule has 0 aliphatic carbocycles. The van der Waals surface area contributed by atoms with Gasteiger partial charge < -0.3 is 20.5 Å². The molecule has 0 saturated carbocycles. The minimum atomic E-state index is -0.813. The number of aromatic nitrogens is 2. The number of carbonyl (C=O) groups excluding carboxylic acids is 1. The number of β-amino-alcohol motifs (C(OH)–C–C–N with tert-alkyl or cyclic N) is 1. The lowest BCUT2D eigenvalue weighted by Gasteiger charge is -2.22. The van der Waals surface area contributed by atoms with Gasteiger partial charge in [-0.05, 0) is 63.3 Å². The Balaban J connectivity index is 1.20. The molecule has 4 aromatic rings. The van der Waals surface area contributed by atoms with E-state index in [4.69, 9.17) is 9.37 Å². The molecule has 34 heavy (non-hydrogen) atoms. The average molecular weight is 462 g/mol. The van der Waals surface area contributed by atoms with Gasteiger partial charge in [0.1, 0.15) is 29.1 Å². The maximum atomic E-state index is 13.3. The summed E-state index contributed by atoms with van der Waals surface area (Å²) < 4.78 is 23.6. The monoisotopic (exact) mass is 462 g/mol. The number of aliphatic hydroxyl groups excluding tert-OH is 1. The zero-order valence-electron chi connectivity index (χ0n) is 18.1. The number of rotatable bonds is 6. The van der Waals surface area contributed by atoms with Crippen LogP contribution < -0.4 is 10.6 Å². The van der Waals surface area contributed by atoms with E-state index in [1.807, 2.05) is 42.5 Å². The van der Waals surface area contributed by atoms with Crippen LogP contribution >= 0.6 is 0 Å². The zero-order chi connectivity index (χ0) is 23.5. The summed E-state index contributed by atoms with van der Waals surface area (Å²) in [6.45, 7) is 0.464. The molecule has 3 atom stereocenters. The molecule has 174 valence electrons. The summed E-state index contributed by atoms with van der Waals surface area (Å²) in [6, 6.07) is 19.5. The Morgan fingerprint density at radius 3 is 2.68 bits per heavy atom. The van der Waals surface area contributed by atoms with Crippen LogP contribution in [0, 0.1) is 5.82 Å².